The van der Waals surface area contributed by atoms with E-state index >= 15 is 0 Å². The standard InChI is InChI=1S/C32H44N6O6/c1-5-20(4)27(35-30(41)25(14-19(2)3)34-32(43)44-18-21-10-7-6-8-11-21)28(39)31(42)38-16-22(17-38)29(40)33-15-26-23-12-9-13-24(23)36-37-26/h6-8,10-11,19-20,22,25,27H,5,9,12-18H2,1-4H3,(H,33,40)(H,34,43)(H,35,41)(H,36,37). The van der Waals surface area contributed by atoms with Crippen LogP contribution in [-0.4, -0.2) is 69.9 Å². The van der Waals surface area contributed by atoms with Gasteiger partial charge in [-0.3, -0.25) is 24.3 Å². The lowest BCUT2D eigenvalue weighted by Gasteiger charge is -2.38. The minimum absolute atomic E-state index is 0.0466. The van der Waals surface area contributed by atoms with Crippen LogP contribution in [0.25, 0.3) is 0 Å². The number of amides is 4. The SMILES string of the molecule is CCC(C)C(NC(=O)C(CC(C)C)NC(=O)OCc1ccccc1)C(=O)C(=O)N1CC(C(=O)NCc2n[nH]c3c2CCC3)C1. The number of fused-ring (bicyclic) bond motifs is 1. The molecule has 2 aromatic rings. The number of likely N-dealkylation sites (tertiary alicyclic amines) is 1. The van der Waals surface area contributed by atoms with Crippen molar-refractivity contribution in [1.82, 2.24) is 31.0 Å². The lowest BCUT2D eigenvalue weighted by Crippen LogP contribution is -2.61. The summed E-state index contributed by atoms with van der Waals surface area (Å²) in [4.78, 5) is 66.5. The molecule has 3 atom stereocenters. The molecule has 3 unspecified atom stereocenters. The van der Waals surface area contributed by atoms with Crippen molar-refractivity contribution in [3.63, 3.8) is 0 Å². The first-order valence-corrected chi connectivity index (χ1v) is 15.5. The molecular formula is C32H44N6O6. The summed E-state index contributed by atoms with van der Waals surface area (Å²) in [6, 6.07) is 7.14. The molecule has 1 aromatic carbocycles. The number of carbonyl (C=O) groups is 5. The topological polar surface area (TPSA) is 163 Å². The summed E-state index contributed by atoms with van der Waals surface area (Å²) in [7, 11) is 0. The number of ether oxygens (including phenoxy) is 1. The van der Waals surface area contributed by atoms with E-state index in [2.05, 4.69) is 26.1 Å². The summed E-state index contributed by atoms with van der Waals surface area (Å²) in [6.45, 7) is 8.10. The number of H-pyrrole nitrogens is 1. The van der Waals surface area contributed by atoms with Crippen LogP contribution in [-0.2, 0) is 49.9 Å². The third-order valence-corrected chi connectivity index (χ3v) is 8.39. The Bertz CT molecular complexity index is 1340. The number of benzene rings is 1. The number of ketones is 1. The zero-order chi connectivity index (χ0) is 31.8. The van der Waals surface area contributed by atoms with Gasteiger partial charge in [-0.05, 0) is 48.6 Å². The lowest BCUT2D eigenvalue weighted by molar-refractivity contribution is -0.153. The number of aromatic nitrogens is 2. The van der Waals surface area contributed by atoms with Crippen LogP contribution >= 0.6 is 0 Å². The van der Waals surface area contributed by atoms with E-state index in [1.165, 1.54) is 10.5 Å². The maximum absolute atomic E-state index is 13.4. The van der Waals surface area contributed by atoms with Crippen molar-refractivity contribution in [3.8, 4) is 0 Å². The lowest BCUT2D eigenvalue weighted by atomic mass is 9.91. The smallest absolute Gasteiger partial charge is 0.408 e. The van der Waals surface area contributed by atoms with Crippen LogP contribution in [0.3, 0.4) is 0 Å². The van der Waals surface area contributed by atoms with Gasteiger partial charge in [-0.1, -0.05) is 64.4 Å². The fourth-order valence-corrected chi connectivity index (χ4v) is 5.51. The van der Waals surface area contributed by atoms with Gasteiger partial charge in [0.2, 0.25) is 17.6 Å². The number of aryl methyl sites for hydroxylation is 1. The number of hydrogen-bond acceptors (Lipinski definition) is 7. The Morgan fingerprint density at radius 1 is 1.05 bits per heavy atom. The molecule has 0 bridgehead atoms. The zero-order valence-corrected chi connectivity index (χ0v) is 26.0. The van der Waals surface area contributed by atoms with Crippen LogP contribution in [0.4, 0.5) is 4.79 Å². The highest BCUT2D eigenvalue weighted by Gasteiger charge is 2.42. The number of alkyl carbamates (subject to hydrolysis) is 1. The monoisotopic (exact) mass is 608 g/mol. The molecule has 1 saturated heterocycles. The van der Waals surface area contributed by atoms with Crippen molar-refractivity contribution in [1.29, 1.82) is 0 Å². The van der Waals surface area contributed by atoms with E-state index in [-0.39, 0.29) is 37.4 Å². The molecule has 2 heterocycles. The second kappa shape index (κ2) is 15.0. The second-order valence-electron chi connectivity index (χ2n) is 12.2. The van der Waals surface area contributed by atoms with E-state index in [0.717, 1.165) is 36.2 Å². The van der Waals surface area contributed by atoms with Crippen molar-refractivity contribution >= 4 is 29.6 Å². The summed E-state index contributed by atoms with van der Waals surface area (Å²) < 4.78 is 5.29. The minimum Gasteiger partial charge on any atom is -0.445 e. The highest BCUT2D eigenvalue weighted by Crippen LogP contribution is 2.23. The van der Waals surface area contributed by atoms with E-state index in [1.807, 2.05) is 51.1 Å². The molecule has 44 heavy (non-hydrogen) atoms. The first-order chi connectivity index (χ1) is 21.1. The van der Waals surface area contributed by atoms with Crippen LogP contribution < -0.4 is 16.0 Å². The van der Waals surface area contributed by atoms with Crippen LogP contribution in [0.15, 0.2) is 30.3 Å². The molecule has 2 aliphatic rings. The van der Waals surface area contributed by atoms with Crippen molar-refractivity contribution in [3.05, 3.63) is 52.8 Å². The largest absolute Gasteiger partial charge is 0.445 e. The predicted molar refractivity (Wildman–Crippen MR) is 162 cm³/mol. The molecule has 1 fully saturated rings. The quantitative estimate of drug-likeness (QED) is 0.239. The maximum Gasteiger partial charge on any atom is 0.408 e. The minimum atomic E-state index is -1.08. The van der Waals surface area contributed by atoms with Gasteiger partial charge in [-0.15, -0.1) is 0 Å². The van der Waals surface area contributed by atoms with Crippen LogP contribution in [0.1, 0.15) is 69.5 Å². The zero-order valence-electron chi connectivity index (χ0n) is 26.0. The van der Waals surface area contributed by atoms with E-state index in [1.54, 1.807) is 6.92 Å². The molecule has 4 amide bonds. The molecule has 0 radical (unpaired) electrons. The Morgan fingerprint density at radius 3 is 2.45 bits per heavy atom. The first-order valence-electron chi connectivity index (χ1n) is 15.5. The molecular weight excluding hydrogens is 564 g/mol. The Morgan fingerprint density at radius 2 is 1.77 bits per heavy atom. The fraction of sp³-hybridized carbons (Fsp3) is 0.562. The fourth-order valence-electron chi connectivity index (χ4n) is 5.51. The number of Topliss-reactive ketones (excluding diaryl/α,β-unsaturated/α-hetero) is 1. The Kier molecular flexibility index (Phi) is 11.1. The van der Waals surface area contributed by atoms with E-state index < -0.39 is 41.7 Å². The molecule has 238 valence electrons. The molecule has 4 N–H and O–H groups in total. The predicted octanol–water partition coefficient (Wildman–Crippen LogP) is 2.41. The number of aromatic amines is 1. The molecule has 0 spiro atoms. The second-order valence-corrected chi connectivity index (χ2v) is 12.2. The Hall–Kier alpha value is -4.22. The highest BCUT2D eigenvalue weighted by atomic mass is 16.5. The van der Waals surface area contributed by atoms with Gasteiger partial charge >= 0.3 is 6.09 Å². The third kappa shape index (κ3) is 8.23. The van der Waals surface area contributed by atoms with Crippen LogP contribution in [0.2, 0.25) is 0 Å². The molecule has 1 aliphatic heterocycles. The molecule has 12 nitrogen and oxygen atoms in total. The Labute approximate surface area is 258 Å². The first kappa shape index (κ1) is 32.7. The maximum atomic E-state index is 13.4. The molecule has 12 heteroatoms. The van der Waals surface area contributed by atoms with Crippen molar-refractivity contribution in [2.75, 3.05) is 13.1 Å². The molecule has 1 aromatic heterocycles. The van der Waals surface area contributed by atoms with Gasteiger partial charge in [-0.25, -0.2) is 4.79 Å². The van der Waals surface area contributed by atoms with Crippen molar-refractivity contribution in [2.45, 2.75) is 85.0 Å². The number of carbonyl (C=O) groups excluding carboxylic acids is 5. The van der Waals surface area contributed by atoms with Crippen LogP contribution in [0.5, 0.6) is 0 Å². The van der Waals surface area contributed by atoms with Crippen LogP contribution in [0, 0.1) is 17.8 Å². The summed E-state index contributed by atoms with van der Waals surface area (Å²) in [6.07, 6.45) is 3.09. The van der Waals surface area contributed by atoms with E-state index in [0.29, 0.717) is 19.4 Å². The van der Waals surface area contributed by atoms with E-state index in [4.69, 9.17) is 4.74 Å². The summed E-state index contributed by atoms with van der Waals surface area (Å²) in [5, 5.41) is 15.6. The van der Waals surface area contributed by atoms with Gasteiger partial charge in [0.15, 0.2) is 0 Å². The van der Waals surface area contributed by atoms with Crippen molar-refractivity contribution < 1.29 is 28.7 Å². The van der Waals surface area contributed by atoms with E-state index in [9.17, 15) is 24.0 Å². The highest BCUT2D eigenvalue weighted by molar-refractivity contribution is 6.38. The third-order valence-electron chi connectivity index (χ3n) is 8.39. The van der Waals surface area contributed by atoms with Gasteiger partial charge in [-0.2, -0.15) is 5.10 Å². The molecule has 1 aliphatic carbocycles. The average Bonchev–Trinajstić information content (AvgIpc) is 3.60. The van der Waals surface area contributed by atoms with Crippen molar-refractivity contribution in [2.24, 2.45) is 17.8 Å². The van der Waals surface area contributed by atoms with Gasteiger partial charge in [0.25, 0.3) is 5.91 Å². The Balaban J connectivity index is 1.30. The number of hydrogen-bond donors (Lipinski definition) is 4. The summed E-state index contributed by atoms with van der Waals surface area (Å²) in [5.41, 5.74) is 3.95. The number of rotatable bonds is 14. The average molecular weight is 609 g/mol. The van der Waals surface area contributed by atoms with Gasteiger partial charge in [0.05, 0.1) is 24.2 Å². The summed E-state index contributed by atoms with van der Waals surface area (Å²) >= 11 is 0. The normalized spacial score (nSPS) is 16.3. The van der Waals surface area contributed by atoms with Gasteiger partial charge < -0.3 is 25.6 Å². The number of nitrogens with one attached hydrogen (secondary N) is 4. The number of nitrogens with zero attached hydrogens (tertiary/aromatic N) is 2. The van der Waals surface area contributed by atoms with Gasteiger partial charge in [0.1, 0.15) is 12.6 Å². The molecule has 4 rings (SSSR count). The van der Waals surface area contributed by atoms with Gasteiger partial charge in [0, 0.05) is 18.8 Å². The molecule has 0 saturated carbocycles. The summed E-state index contributed by atoms with van der Waals surface area (Å²) in [5.74, 6) is -2.93.